The van der Waals surface area contributed by atoms with Crippen molar-refractivity contribution in [3.8, 4) is 0 Å². The van der Waals surface area contributed by atoms with E-state index in [0.717, 1.165) is 16.8 Å². The first kappa shape index (κ1) is 17.0. The number of carbonyl (C=O) groups is 2. The van der Waals surface area contributed by atoms with Gasteiger partial charge in [-0.05, 0) is 51.3 Å². The summed E-state index contributed by atoms with van der Waals surface area (Å²) in [6, 6.07) is 1.62. The fourth-order valence-electron chi connectivity index (χ4n) is 2.40. The van der Waals surface area contributed by atoms with Gasteiger partial charge >= 0.3 is 12.1 Å². The van der Waals surface area contributed by atoms with Gasteiger partial charge in [0.25, 0.3) is 0 Å². The first-order valence-electron chi connectivity index (χ1n) is 7.54. The van der Waals surface area contributed by atoms with E-state index in [1.165, 1.54) is 6.20 Å². The number of pyridine rings is 1. The van der Waals surface area contributed by atoms with Gasteiger partial charge in [0.05, 0.1) is 11.3 Å². The van der Waals surface area contributed by atoms with Crippen LogP contribution >= 0.6 is 0 Å². The van der Waals surface area contributed by atoms with E-state index in [-0.39, 0.29) is 11.7 Å². The van der Waals surface area contributed by atoms with Crippen molar-refractivity contribution in [2.45, 2.75) is 39.7 Å². The van der Waals surface area contributed by atoms with Crippen LogP contribution < -0.4 is 0 Å². The van der Waals surface area contributed by atoms with Gasteiger partial charge in [0, 0.05) is 19.3 Å². The summed E-state index contributed by atoms with van der Waals surface area (Å²) in [5.74, 6) is -0.985. The van der Waals surface area contributed by atoms with Gasteiger partial charge in [-0.2, -0.15) is 0 Å². The minimum absolute atomic E-state index is 0.179. The van der Waals surface area contributed by atoms with E-state index >= 15 is 0 Å². The third-order valence-electron chi connectivity index (χ3n) is 3.49. The number of carboxylic acid groups (broad SMARTS) is 1. The van der Waals surface area contributed by atoms with E-state index in [9.17, 15) is 9.59 Å². The van der Waals surface area contributed by atoms with E-state index in [2.05, 4.69) is 4.98 Å². The van der Waals surface area contributed by atoms with Gasteiger partial charge in [0.15, 0.2) is 0 Å². The predicted octanol–water partition coefficient (Wildman–Crippen LogP) is 3.11. The van der Waals surface area contributed by atoms with Crippen molar-refractivity contribution >= 4 is 17.6 Å². The number of aryl methyl sites for hydroxylation is 1. The Labute approximate surface area is 135 Å². The molecule has 0 aliphatic carbocycles. The Morgan fingerprint density at radius 3 is 2.52 bits per heavy atom. The van der Waals surface area contributed by atoms with Crippen molar-refractivity contribution in [1.29, 1.82) is 0 Å². The number of aromatic nitrogens is 1. The van der Waals surface area contributed by atoms with Crippen molar-refractivity contribution in [2.75, 3.05) is 13.1 Å². The monoisotopic (exact) mass is 318 g/mol. The molecule has 0 aromatic carbocycles. The molecule has 1 aliphatic heterocycles. The Balaban J connectivity index is 2.10. The van der Waals surface area contributed by atoms with Crippen LogP contribution in [0, 0.1) is 6.92 Å². The zero-order valence-electron chi connectivity index (χ0n) is 13.9. The van der Waals surface area contributed by atoms with Crippen LogP contribution in [0.2, 0.25) is 0 Å². The molecular formula is C17H22N2O4. The average molecular weight is 318 g/mol. The molecule has 23 heavy (non-hydrogen) atoms. The van der Waals surface area contributed by atoms with Crippen LogP contribution in [0.5, 0.6) is 0 Å². The van der Waals surface area contributed by atoms with E-state index in [4.69, 9.17) is 9.84 Å². The summed E-state index contributed by atoms with van der Waals surface area (Å²) in [6.45, 7) is 8.39. The van der Waals surface area contributed by atoms with Gasteiger partial charge in [0.2, 0.25) is 0 Å². The summed E-state index contributed by atoms with van der Waals surface area (Å²) in [5, 5.41) is 8.99. The molecule has 1 amide bonds. The lowest BCUT2D eigenvalue weighted by atomic mass is 10.00. The summed E-state index contributed by atoms with van der Waals surface area (Å²) in [5.41, 5.74) is 2.31. The number of aromatic carboxylic acids is 1. The van der Waals surface area contributed by atoms with Crippen LogP contribution in [0.1, 0.15) is 48.8 Å². The molecule has 2 heterocycles. The fourth-order valence-corrected chi connectivity index (χ4v) is 2.40. The van der Waals surface area contributed by atoms with E-state index in [0.29, 0.717) is 19.5 Å². The lowest BCUT2D eigenvalue weighted by Crippen LogP contribution is -2.39. The van der Waals surface area contributed by atoms with Crippen molar-refractivity contribution in [1.82, 2.24) is 9.88 Å². The third-order valence-corrected chi connectivity index (χ3v) is 3.49. The molecule has 6 nitrogen and oxygen atoms in total. The molecule has 0 unspecified atom stereocenters. The molecule has 1 aliphatic rings. The lowest BCUT2D eigenvalue weighted by Gasteiger charge is -2.29. The highest BCUT2D eigenvalue weighted by molar-refractivity contribution is 5.88. The minimum Gasteiger partial charge on any atom is -0.478 e. The fraction of sp³-hybridized carbons (Fsp3) is 0.471. The molecule has 1 N–H and O–H groups in total. The Kier molecular flexibility index (Phi) is 4.73. The maximum absolute atomic E-state index is 12.0. The van der Waals surface area contributed by atoms with E-state index < -0.39 is 11.6 Å². The molecule has 1 aromatic heterocycles. The SMILES string of the molecule is Cc1cc(C(=O)O)cnc1C1=CCN(C(=O)OC(C)(C)C)CC1. The van der Waals surface area contributed by atoms with Crippen LogP contribution in [0.3, 0.4) is 0 Å². The highest BCUT2D eigenvalue weighted by atomic mass is 16.6. The first-order chi connectivity index (χ1) is 10.7. The predicted molar refractivity (Wildman–Crippen MR) is 86.3 cm³/mol. The third kappa shape index (κ3) is 4.31. The Hall–Kier alpha value is -2.37. The largest absolute Gasteiger partial charge is 0.478 e. The van der Waals surface area contributed by atoms with Crippen LogP contribution in [-0.4, -0.2) is 45.7 Å². The molecule has 124 valence electrons. The molecule has 0 radical (unpaired) electrons. The van der Waals surface area contributed by atoms with Crippen molar-refractivity contribution < 1.29 is 19.4 Å². The number of ether oxygens (including phenoxy) is 1. The highest BCUT2D eigenvalue weighted by Gasteiger charge is 2.24. The molecule has 1 aromatic rings. The number of rotatable bonds is 2. The van der Waals surface area contributed by atoms with Gasteiger partial charge in [-0.3, -0.25) is 4.98 Å². The number of amides is 1. The maximum atomic E-state index is 12.0. The van der Waals surface area contributed by atoms with Crippen LogP contribution in [0.4, 0.5) is 4.79 Å². The van der Waals surface area contributed by atoms with Gasteiger partial charge < -0.3 is 14.7 Å². The van der Waals surface area contributed by atoms with E-state index in [1.54, 1.807) is 11.0 Å². The zero-order chi connectivity index (χ0) is 17.2. The standard InChI is InChI=1S/C17H22N2O4/c1-11-9-13(15(20)21)10-18-14(11)12-5-7-19(8-6-12)16(22)23-17(2,3)4/h5,9-10H,6-8H2,1-4H3,(H,20,21). The molecule has 0 bridgehead atoms. The molecule has 0 spiro atoms. The van der Waals surface area contributed by atoms with Crippen LogP contribution in [0.25, 0.3) is 5.57 Å². The normalized spacial score (nSPS) is 15.1. The minimum atomic E-state index is -0.985. The summed E-state index contributed by atoms with van der Waals surface area (Å²) in [7, 11) is 0. The van der Waals surface area contributed by atoms with Crippen LogP contribution in [-0.2, 0) is 4.74 Å². The molecule has 0 saturated heterocycles. The van der Waals surface area contributed by atoms with Gasteiger partial charge in [-0.25, -0.2) is 9.59 Å². The average Bonchev–Trinajstić information content (AvgIpc) is 2.45. The number of carbonyl (C=O) groups excluding carboxylic acids is 1. The summed E-state index contributed by atoms with van der Waals surface area (Å²) >= 11 is 0. The van der Waals surface area contributed by atoms with Gasteiger partial charge in [-0.1, -0.05) is 6.08 Å². The molecular weight excluding hydrogens is 296 g/mol. The highest BCUT2D eigenvalue weighted by Crippen LogP contribution is 2.24. The number of hydrogen-bond acceptors (Lipinski definition) is 4. The maximum Gasteiger partial charge on any atom is 0.410 e. The number of nitrogens with zero attached hydrogens (tertiary/aromatic N) is 2. The van der Waals surface area contributed by atoms with E-state index in [1.807, 2.05) is 33.8 Å². The van der Waals surface area contributed by atoms with Crippen LogP contribution in [0.15, 0.2) is 18.3 Å². The number of hydrogen-bond donors (Lipinski definition) is 1. The second-order valence-corrected chi connectivity index (χ2v) is 6.60. The molecule has 0 atom stereocenters. The topological polar surface area (TPSA) is 79.7 Å². The molecule has 6 heteroatoms. The van der Waals surface area contributed by atoms with Crippen molar-refractivity contribution in [3.05, 3.63) is 35.2 Å². The molecule has 0 fully saturated rings. The Morgan fingerprint density at radius 2 is 2.04 bits per heavy atom. The molecule has 2 rings (SSSR count). The van der Waals surface area contributed by atoms with Crippen molar-refractivity contribution in [2.24, 2.45) is 0 Å². The Bertz CT molecular complexity index is 659. The molecule has 0 saturated carbocycles. The second kappa shape index (κ2) is 6.40. The lowest BCUT2D eigenvalue weighted by molar-refractivity contribution is 0.0270. The van der Waals surface area contributed by atoms with Gasteiger partial charge in [0.1, 0.15) is 5.60 Å². The van der Waals surface area contributed by atoms with Gasteiger partial charge in [-0.15, -0.1) is 0 Å². The second-order valence-electron chi connectivity index (χ2n) is 6.60. The smallest absolute Gasteiger partial charge is 0.410 e. The summed E-state index contributed by atoms with van der Waals surface area (Å²) in [6.07, 6.45) is 3.66. The summed E-state index contributed by atoms with van der Waals surface area (Å²) in [4.78, 5) is 28.9. The first-order valence-corrected chi connectivity index (χ1v) is 7.54. The quantitative estimate of drug-likeness (QED) is 0.906. The number of carboxylic acids is 1. The van der Waals surface area contributed by atoms with Crippen molar-refractivity contribution in [3.63, 3.8) is 0 Å². The Morgan fingerprint density at radius 1 is 1.35 bits per heavy atom. The summed E-state index contributed by atoms with van der Waals surface area (Å²) < 4.78 is 5.36. The zero-order valence-corrected chi connectivity index (χ0v) is 13.9.